The zero-order valence-corrected chi connectivity index (χ0v) is 16.2. The van der Waals surface area contributed by atoms with Gasteiger partial charge in [0.25, 0.3) is 5.91 Å². The summed E-state index contributed by atoms with van der Waals surface area (Å²) in [5, 5.41) is 10.0. The number of hydrogen-bond acceptors (Lipinski definition) is 6. The highest BCUT2D eigenvalue weighted by molar-refractivity contribution is 7.13. The second-order valence-electron chi connectivity index (χ2n) is 5.97. The maximum atomic E-state index is 12.2. The summed E-state index contributed by atoms with van der Waals surface area (Å²) < 4.78 is 12.2. The van der Waals surface area contributed by atoms with E-state index in [1.807, 2.05) is 36.6 Å². The van der Waals surface area contributed by atoms with E-state index in [0.29, 0.717) is 18.1 Å². The second-order valence-corrected chi connectivity index (χ2v) is 6.82. The molecule has 0 spiro atoms. The summed E-state index contributed by atoms with van der Waals surface area (Å²) in [6.07, 6.45) is 1.46. The van der Waals surface area contributed by atoms with Crippen molar-refractivity contribution < 1.29 is 13.9 Å². The number of aromatic nitrogens is 3. The molecule has 4 rings (SSSR count). The number of carbonyl (C=O) groups excluding carboxylic acids is 1. The smallest absolute Gasteiger partial charge is 0.292 e. The van der Waals surface area contributed by atoms with Gasteiger partial charge in [0, 0.05) is 24.1 Å². The van der Waals surface area contributed by atoms with Crippen LogP contribution >= 0.6 is 11.3 Å². The van der Waals surface area contributed by atoms with E-state index in [1.165, 1.54) is 17.6 Å². The van der Waals surface area contributed by atoms with Gasteiger partial charge in [-0.2, -0.15) is 5.10 Å². The lowest BCUT2D eigenvalue weighted by Crippen LogP contribution is -2.13. The van der Waals surface area contributed by atoms with E-state index < -0.39 is 0 Å². The number of anilines is 1. The van der Waals surface area contributed by atoms with Crippen molar-refractivity contribution in [2.45, 2.75) is 6.92 Å². The fourth-order valence-corrected chi connectivity index (χ4v) is 3.47. The lowest BCUT2D eigenvalue weighted by Gasteiger charge is -2.03. The van der Waals surface area contributed by atoms with E-state index in [4.69, 9.17) is 9.15 Å². The van der Waals surface area contributed by atoms with Gasteiger partial charge >= 0.3 is 0 Å². The van der Waals surface area contributed by atoms with E-state index in [2.05, 4.69) is 15.4 Å². The van der Waals surface area contributed by atoms with Gasteiger partial charge in [-0.25, -0.2) is 4.98 Å². The summed E-state index contributed by atoms with van der Waals surface area (Å²) >= 11 is 1.50. The van der Waals surface area contributed by atoms with Crippen LogP contribution in [-0.4, -0.2) is 27.3 Å². The molecule has 1 amide bonds. The molecule has 7 nitrogen and oxygen atoms in total. The van der Waals surface area contributed by atoms with Gasteiger partial charge in [-0.15, -0.1) is 11.3 Å². The lowest BCUT2D eigenvalue weighted by atomic mass is 10.2. The highest BCUT2D eigenvalue weighted by Crippen LogP contribution is 2.30. The van der Waals surface area contributed by atoms with Crippen molar-refractivity contribution in [1.82, 2.24) is 14.8 Å². The summed E-state index contributed by atoms with van der Waals surface area (Å²) in [4.78, 5) is 16.8. The number of carbonyl (C=O) groups is 1. The largest absolute Gasteiger partial charge is 0.494 e. The summed E-state index contributed by atoms with van der Waals surface area (Å²) in [7, 11) is 1.77. The number of benzene rings is 1. The minimum Gasteiger partial charge on any atom is -0.494 e. The van der Waals surface area contributed by atoms with Gasteiger partial charge in [0.15, 0.2) is 5.76 Å². The minimum atomic E-state index is -0.325. The molecule has 1 aromatic carbocycles. The third kappa shape index (κ3) is 3.67. The SMILES string of the molecule is CCOc1ccc(-c2csc(-c3cc(NC(=O)c4ccco4)n(C)n3)n2)cc1. The number of thiazole rings is 1. The number of amides is 1. The molecule has 0 aliphatic heterocycles. The molecule has 4 aromatic rings. The standard InChI is InChI=1S/C20H18N4O3S/c1-3-26-14-8-6-13(7-9-14)16-12-28-20(21-16)15-11-18(24(2)23-15)22-19(25)17-5-4-10-27-17/h4-12H,3H2,1-2H3,(H,22,25). The average molecular weight is 394 g/mol. The topological polar surface area (TPSA) is 82.2 Å². The van der Waals surface area contributed by atoms with E-state index >= 15 is 0 Å². The second kappa shape index (κ2) is 7.69. The molecular formula is C20H18N4O3S. The van der Waals surface area contributed by atoms with Crippen LogP contribution in [0.5, 0.6) is 5.75 Å². The van der Waals surface area contributed by atoms with Crippen molar-refractivity contribution in [3.63, 3.8) is 0 Å². The predicted molar refractivity (Wildman–Crippen MR) is 108 cm³/mol. The first-order chi connectivity index (χ1) is 13.6. The molecule has 0 aliphatic rings. The van der Waals surface area contributed by atoms with Crippen molar-refractivity contribution in [1.29, 1.82) is 0 Å². The molecule has 0 aliphatic carbocycles. The molecule has 8 heteroatoms. The number of nitrogens with zero attached hydrogens (tertiary/aromatic N) is 3. The van der Waals surface area contributed by atoms with E-state index in [1.54, 1.807) is 29.9 Å². The summed E-state index contributed by atoms with van der Waals surface area (Å²) in [5.74, 6) is 1.32. The van der Waals surface area contributed by atoms with Gasteiger partial charge in [0.1, 0.15) is 22.3 Å². The van der Waals surface area contributed by atoms with Crippen LogP contribution in [0.15, 0.2) is 58.5 Å². The van der Waals surface area contributed by atoms with Crippen molar-refractivity contribution in [2.24, 2.45) is 7.05 Å². The number of ether oxygens (including phenoxy) is 1. The monoisotopic (exact) mass is 394 g/mol. The van der Waals surface area contributed by atoms with Crippen molar-refractivity contribution in [2.75, 3.05) is 11.9 Å². The lowest BCUT2D eigenvalue weighted by molar-refractivity contribution is 0.0995. The van der Waals surface area contributed by atoms with Gasteiger partial charge in [-0.1, -0.05) is 0 Å². The van der Waals surface area contributed by atoms with Crippen LogP contribution in [0.3, 0.4) is 0 Å². The Bertz CT molecular complexity index is 1080. The predicted octanol–water partition coefficient (Wildman–Crippen LogP) is 4.45. The molecule has 142 valence electrons. The first-order valence-electron chi connectivity index (χ1n) is 8.72. The quantitative estimate of drug-likeness (QED) is 0.522. The normalized spacial score (nSPS) is 10.8. The molecule has 28 heavy (non-hydrogen) atoms. The van der Waals surface area contributed by atoms with Crippen molar-refractivity contribution in [3.8, 4) is 27.7 Å². The van der Waals surface area contributed by atoms with Crippen LogP contribution in [0.2, 0.25) is 0 Å². The van der Waals surface area contributed by atoms with Gasteiger partial charge in [0.2, 0.25) is 0 Å². The number of furan rings is 1. The number of nitrogens with one attached hydrogen (secondary N) is 1. The van der Waals surface area contributed by atoms with E-state index in [9.17, 15) is 4.79 Å². The Hall–Kier alpha value is -3.39. The molecule has 1 N–H and O–H groups in total. The molecule has 3 heterocycles. The number of aryl methyl sites for hydroxylation is 1. The molecule has 0 fully saturated rings. The summed E-state index contributed by atoms with van der Waals surface area (Å²) in [6.45, 7) is 2.59. The first kappa shape index (κ1) is 18.0. The third-order valence-electron chi connectivity index (χ3n) is 4.05. The van der Waals surface area contributed by atoms with Crippen LogP contribution in [0.4, 0.5) is 5.82 Å². The Morgan fingerprint density at radius 1 is 1.25 bits per heavy atom. The maximum Gasteiger partial charge on any atom is 0.292 e. The van der Waals surface area contributed by atoms with Crippen LogP contribution in [0, 0.1) is 0 Å². The molecule has 3 aromatic heterocycles. The first-order valence-corrected chi connectivity index (χ1v) is 9.60. The zero-order chi connectivity index (χ0) is 19.5. The van der Waals surface area contributed by atoms with Crippen LogP contribution in [-0.2, 0) is 7.05 Å². The number of rotatable bonds is 6. The summed E-state index contributed by atoms with van der Waals surface area (Å²) in [5.41, 5.74) is 2.57. The van der Waals surface area contributed by atoms with Crippen LogP contribution in [0.1, 0.15) is 17.5 Å². The third-order valence-corrected chi connectivity index (χ3v) is 4.92. The van der Waals surface area contributed by atoms with Crippen molar-refractivity contribution >= 4 is 23.1 Å². The maximum absolute atomic E-state index is 12.2. The molecule has 0 saturated carbocycles. The molecule has 0 atom stereocenters. The Labute approximate surface area is 165 Å². The van der Waals surface area contributed by atoms with Crippen molar-refractivity contribution in [3.05, 3.63) is 59.9 Å². The molecular weight excluding hydrogens is 376 g/mol. The van der Waals surface area contributed by atoms with Gasteiger partial charge in [0.05, 0.1) is 18.6 Å². The fourth-order valence-electron chi connectivity index (χ4n) is 2.69. The van der Waals surface area contributed by atoms with Crippen LogP contribution < -0.4 is 10.1 Å². The molecule has 0 saturated heterocycles. The zero-order valence-electron chi connectivity index (χ0n) is 15.4. The van der Waals surface area contributed by atoms with Gasteiger partial charge in [-0.3, -0.25) is 9.48 Å². The minimum absolute atomic E-state index is 0.245. The van der Waals surface area contributed by atoms with E-state index in [-0.39, 0.29) is 11.7 Å². The highest BCUT2D eigenvalue weighted by Gasteiger charge is 2.15. The van der Waals surface area contributed by atoms with E-state index in [0.717, 1.165) is 22.0 Å². The number of hydrogen-bond donors (Lipinski definition) is 1. The highest BCUT2D eigenvalue weighted by atomic mass is 32.1. The average Bonchev–Trinajstić information content (AvgIpc) is 3.44. The Kier molecular flexibility index (Phi) is 4.94. The van der Waals surface area contributed by atoms with Gasteiger partial charge in [-0.05, 0) is 43.3 Å². The molecule has 0 radical (unpaired) electrons. The fraction of sp³-hybridized carbons (Fsp3) is 0.150. The van der Waals surface area contributed by atoms with Crippen LogP contribution in [0.25, 0.3) is 22.0 Å². The Morgan fingerprint density at radius 2 is 2.07 bits per heavy atom. The molecule has 0 bridgehead atoms. The summed E-state index contributed by atoms with van der Waals surface area (Å²) in [6, 6.07) is 12.9. The Balaban J connectivity index is 1.53. The van der Waals surface area contributed by atoms with Gasteiger partial charge < -0.3 is 14.5 Å². The Morgan fingerprint density at radius 3 is 2.79 bits per heavy atom. The molecule has 0 unspecified atom stereocenters.